The van der Waals surface area contributed by atoms with E-state index in [4.69, 9.17) is 0 Å². The highest BCUT2D eigenvalue weighted by Gasteiger charge is 2.29. The second-order valence-electron chi connectivity index (χ2n) is 7.63. The lowest BCUT2D eigenvalue weighted by Gasteiger charge is -2.31. The summed E-state index contributed by atoms with van der Waals surface area (Å²) in [4.78, 5) is 23.3. The van der Waals surface area contributed by atoms with E-state index in [1.165, 1.54) is 25.3 Å². The average Bonchev–Trinajstić information content (AvgIpc) is 2.73. The molecular weight excluding hydrogens is 385 g/mol. The number of ether oxygens (including phenoxy) is 1. The lowest BCUT2D eigenvalue weighted by molar-refractivity contribution is -0.165. The average molecular weight is 412 g/mol. The van der Waals surface area contributed by atoms with E-state index in [1.54, 1.807) is 12.4 Å². The van der Waals surface area contributed by atoms with Crippen molar-refractivity contribution in [1.29, 1.82) is 0 Å². The molecule has 0 aromatic carbocycles. The highest BCUT2D eigenvalue weighted by Crippen LogP contribution is 2.22. The molecule has 3 aliphatic rings. The van der Waals surface area contributed by atoms with Gasteiger partial charge >= 0.3 is 6.18 Å². The van der Waals surface area contributed by atoms with Gasteiger partial charge in [-0.15, -0.1) is 0 Å². The number of aliphatic imine (C=N–C) groups is 2. The molecule has 160 valence electrons. The van der Waals surface area contributed by atoms with E-state index in [2.05, 4.69) is 24.9 Å². The highest BCUT2D eigenvalue weighted by molar-refractivity contribution is 5.96. The van der Waals surface area contributed by atoms with Gasteiger partial charge < -0.3 is 15.0 Å². The molecule has 0 bridgehead atoms. The van der Waals surface area contributed by atoms with Gasteiger partial charge in [-0.3, -0.25) is 4.79 Å². The van der Waals surface area contributed by atoms with Crippen LogP contribution in [0.25, 0.3) is 0 Å². The van der Waals surface area contributed by atoms with Crippen molar-refractivity contribution in [3.8, 4) is 0 Å². The standard InChI is InChI=1S/C20H27F3N4O2/c1-14(15-6-8-18(25-11-15)29-13-20(21,22)23)26-19(28)16-5-7-17(24-12-16)27-9-3-2-4-10-27/h8,11-12,14-15H,2-7,9-10,13H2,1H3,(H,26,28). The molecule has 0 aromatic rings. The number of hydrogen-bond acceptors (Lipinski definition) is 5. The zero-order valence-corrected chi connectivity index (χ0v) is 16.5. The Bertz CT molecular complexity index is 722. The fraction of sp³-hybridized carbons (Fsp3) is 0.650. The van der Waals surface area contributed by atoms with Crippen LogP contribution < -0.4 is 5.32 Å². The number of nitrogens with one attached hydrogen (secondary N) is 1. The van der Waals surface area contributed by atoms with Crippen LogP contribution in [0.5, 0.6) is 0 Å². The van der Waals surface area contributed by atoms with Crippen LogP contribution in [0.15, 0.2) is 33.7 Å². The summed E-state index contributed by atoms with van der Waals surface area (Å²) in [6, 6.07) is -0.208. The zero-order valence-electron chi connectivity index (χ0n) is 16.5. The molecule has 1 saturated heterocycles. The number of nitrogens with zero attached hydrogens (tertiary/aromatic N) is 3. The zero-order chi connectivity index (χ0) is 20.9. The Morgan fingerprint density at radius 1 is 1.31 bits per heavy atom. The topological polar surface area (TPSA) is 66.3 Å². The number of amides is 1. The van der Waals surface area contributed by atoms with Gasteiger partial charge in [-0.25, -0.2) is 9.98 Å². The van der Waals surface area contributed by atoms with Gasteiger partial charge in [0.15, 0.2) is 6.61 Å². The largest absolute Gasteiger partial charge is 0.468 e. The van der Waals surface area contributed by atoms with E-state index in [0.29, 0.717) is 18.4 Å². The third-order valence-electron chi connectivity index (χ3n) is 5.34. The second-order valence-corrected chi connectivity index (χ2v) is 7.63. The van der Waals surface area contributed by atoms with Crippen LogP contribution in [0.4, 0.5) is 13.2 Å². The number of halogens is 3. The maximum absolute atomic E-state index is 12.5. The maximum atomic E-state index is 12.5. The molecule has 0 spiro atoms. The van der Waals surface area contributed by atoms with Crippen molar-refractivity contribution in [3.05, 3.63) is 23.7 Å². The van der Waals surface area contributed by atoms with Gasteiger partial charge in [0.05, 0.1) is 0 Å². The van der Waals surface area contributed by atoms with Crippen LogP contribution >= 0.6 is 0 Å². The molecule has 0 aromatic heterocycles. The van der Waals surface area contributed by atoms with Crippen molar-refractivity contribution >= 4 is 18.0 Å². The summed E-state index contributed by atoms with van der Waals surface area (Å²) in [5.41, 5.74) is 0.648. The van der Waals surface area contributed by atoms with Crippen molar-refractivity contribution < 1.29 is 22.7 Å². The molecule has 2 atom stereocenters. The lowest BCUT2D eigenvalue weighted by Crippen LogP contribution is -2.41. The third kappa shape index (κ3) is 6.33. The maximum Gasteiger partial charge on any atom is 0.422 e. The van der Waals surface area contributed by atoms with Gasteiger partial charge in [-0.2, -0.15) is 13.2 Å². The molecule has 3 aliphatic heterocycles. The molecule has 0 aliphatic carbocycles. The van der Waals surface area contributed by atoms with E-state index >= 15 is 0 Å². The number of likely N-dealkylation sites (tertiary alicyclic amines) is 1. The molecule has 6 nitrogen and oxygen atoms in total. The molecule has 3 rings (SSSR count). The van der Waals surface area contributed by atoms with Crippen LogP contribution in [0.2, 0.25) is 0 Å². The quantitative estimate of drug-likeness (QED) is 0.751. The molecule has 1 N–H and O–H groups in total. The van der Waals surface area contributed by atoms with Crippen molar-refractivity contribution in [2.45, 2.75) is 57.7 Å². The first-order valence-electron chi connectivity index (χ1n) is 10.1. The molecule has 0 saturated carbocycles. The number of hydrogen-bond donors (Lipinski definition) is 1. The van der Waals surface area contributed by atoms with Crippen molar-refractivity contribution in [3.63, 3.8) is 0 Å². The molecule has 1 amide bonds. The predicted molar refractivity (Wildman–Crippen MR) is 104 cm³/mol. The molecule has 9 heteroatoms. The van der Waals surface area contributed by atoms with Crippen LogP contribution in [-0.4, -0.2) is 54.8 Å². The van der Waals surface area contributed by atoms with Gasteiger partial charge in [0, 0.05) is 49.5 Å². The summed E-state index contributed by atoms with van der Waals surface area (Å²) in [5, 5.41) is 2.95. The van der Waals surface area contributed by atoms with Gasteiger partial charge in [0.2, 0.25) is 11.8 Å². The van der Waals surface area contributed by atoms with Gasteiger partial charge in [-0.05, 0) is 45.1 Å². The van der Waals surface area contributed by atoms with E-state index in [0.717, 1.165) is 25.3 Å². The Morgan fingerprint density at radius 3 is 2.66 bits per heavy atom. The van der Waals surface area contributed by atoms with E-state index in [9.17, 15) is 18.0 Å². The van der Waals surface area contributed by atoms with Crippen LogP contribution in [0.1, 0.15) is 45.4 Å². The van der Waals surface area contributed by atoms with Gasteiger partial charge in [0.25, 0.3) is 0 Å². The van der Waals surface area contributed by atoms with Crippen molar-refractivity contribution in [1.82, 2.24) is 10.2 Å². The van der Waals surface area contributed by atoms with Crippen LogP contribution in [0, 0.1) is 5.92 Å². The van der Waals surface area contributed by atoms with E-state index < -0.39 is 12.8 Å². The summed E-state index contributed by atoms with van der Waals surface area (Å²) in [6.07, 6.45) is 5.85. The normalized spacial score (nSPS) is 23.7. The second kappa shape index (κ2) is 9.45. The monoisotopic (exact) mass is 412 g/mol. The van der Waals surface area contributed by atoms with Crippen LogP contribution in [-0.2, 0) is 9.53 Å². The molecule has 0 radical (unpaired) electrons. The van der Waals surface area contributed by atoms with E-state index in [-0.39, 0.29) is 23.8 Å². The number of amidine groups is 1. The fourth-order valence-corrected chi connectivity index (χ4v) is 3.60. The summed E-state index contributed by atoms with van der Waals surface area (Å²) in [7, 11) is 0. The Labute approximate surface area is 168 Å². The van der Waals surface area contributed by atoms with Crippen molar-refractivity contribution in [2.24, 2.45) is 15.9 Å². The van der Waals surface area contributed by atoms with E-state index in [1.807, 2.05) is 6.92 Å². The Morgan fingerprint density at radius 2 is 2.07 bits per heavy atom. The Kier molecular flexibility index (Phi) is 6.97. The lowest BCUT2D eigenvalue weighted by atomic mass is 9.96. The van der Waals surface area contributed by atoms with Gasteiger partial charge in [0.1, 0.15) is 5.84 Å². The fourth-order valence-electron chi connectivity index (χ4n) is 3.60. The molecule has 1 fully saturated rings. The first kappa shape index (κ1) is 21.4. The first-order valence-corrected chi connectivity index (χ1v) is 10.1. The number of carbonyl (C=O) groups is 1. The SMILES string of the molecule is CC(NC(=O)C1=CN=C(N2CCCCC2)CC1)C1C=NC(OCC(F)(F)F)=CC1. The minimum atomic E-state index is -4.39. The summed E-state index contributed by atoms with van der Waals surface area (Å²) in [6.45, 7) is 2.57. The minimum Gasteiger partial charge on any atom is -0.468 e. The number of carbonyl (C=O) groups excluding carboxylic acids is 1. The van der Waals surface area contributed by atoms with Crippen LogP contribution in [0.3, 0.4) is 0 Å². The first-order chi connectivity index (χ1) is 13.8. The Balaban J connectivity index is 1.47. The predicted octanol–water partition coefficient (Wildman–Crippen LogP) is 3.56. The summed E-state index contributed by atoms with van der Waals surface area (Å²) in [5.74, 6) is 0.765. The molecule has 29 heavy (non-hydrogen) atoms. The summed E-state index contributed by atoms with van der Waals surface area (Å²) >= 11 is 0. The number of allylic oxidation sites excluding steroid dienone is 1. The number of alkyl halides is 3. The minimum absolute atomic E-state index is 0.0355. The number of piperidine rings is 1. The van der Waals surface area contributed by atoms with Gasteiger partial charge in [-0.1, -0.05) is 0 Å². The Hall–Kier alpha value is -2.32. The van der Waals surface area contributed by atoms with Crippen molar-refractivity contribution in [2.75, 3.05) is 19.7 Å². The molecule has 2 unspecified atom stereocenters. The smallest absolute Gasteiger partial charge is 0.422 e. The third-order valence-corrected chi connectivity index (χ3v) is 5.34. The number of rotatable bonds is 5. The summed E-state index contributed by atoms with van der Waals surface area (Å²) < 4.78 is 41.2. The highest BCUT2D eigenvalue weighted by atomic mass is 19.4. The molecule has 3 heterocycles. The molecular formula is C20H27F3N4O2.